The summed E-state index contributed by atoms with van der Waals surface area (Å²) in [6.45, 7) is 8.41. The van der Waals surface area contributed by atoms with Crippen molar-refractivity contribution in [3.8, 4) is 0 Å². The zero-order valence-corrected chi connectivity index (χ0v) is 18.9. The number of esters is 1. The minimum atomic E-state index is -0.419. The van der Waals surface area contributed by atoms with E-state index in [4.69, 9.17) is 16.0 Å². The molecule has 0 aliphatic heterocycles. The Morgan fingerprint density at radius 2 is 1.88 bits per heavy atom. The molecule has 9 heteroatoms. The van der Waals surface area contributed by atoms with Crippen molar-refractivity contribution in [3.05, 3.63) is 10.4 Å². The third kappa shape index (κ3) is 10.5. The van der Waals surface area contributed by atoms with Crippen LogP contribution < -0.4 is 5.73 Å². The zero-order valence-electron chi connectivity index (χ0n) is 14.6. The molecule has 0 saturated heterocycles. The van der Waals surface area contributed by atoms with E-state index in [9.17, 15) is 9.59 Å². The summed E-state index contributed by atoms with van der Waals surface area (Å²) in [6.07, 6.45) is 1.44. The number of halogens is 2. The smallest absolute Gasteiger partial charge is 0.309 e. The van der Waals surface area contributed by atoms with E-state index in [1.807, 2.05) is 27.7 Å². The highest BCUT2D eigenvalue weighted by molar-refractivity contribution is 14.1. The summed E-state index contributed by atoms with van der Waals surface area (Å²) in [7, 11) is 0. The fourth-order valence-corrected chi connectivity index (χ4v) is 3.43. The van der Waals surface area contributed by atoms with E-state index in [0.717, 1.165) is 0 Å². The van der Waals surface area contributed by atoms with Crippen molar-refractivity contribution in [2.75, 3.05) is 13.2 Å². The van der Waals surface area contributed by atoms with Crippen LogP contribution in [0.2, 0.25) is 0 Å². The summed E-state index contributed by atoms with van der Waals surface area (Å²) < 4.78 is 4.85. The number of nitrogens with two attached hydrogens (primary N) is 1. The standard InChI is InChI=1S/C15H26I2N4O3/c1-14(2,16)9-10(8-11(12(18)22)15(3,4)17)13(23)24-7-5-6-20-21-19/h10-11H,5-9H2,1-4H3,(H2,18,22). The number of hydrogen-bond donors (Lipinski definition) is 1. The van der Waals surface area contributed by atoms with Crippen molar-refractivity contribution in [2.24, 2.45) is 22.7 Å². The first-order valence-electron chi connectivity index (χ1n) is 7.73. The van der Waals surface area contributed by atoms with Crippen molar-refractivity contribution >= 4 is 57.1 Å². The number of primary amides is 1. The summed E-state index contributed by atoms with van der Waals surface area (Å²) in [5, 5.41) is 3.40. The van der Waals surface area contributed by atoms with Gasteiger partial charge >= 0.3 is 5.97 Å². The molecule has 0 aromatic heterocycles. The minimum absolute atomic E-state index is 0.107. The number of azide groups is 1. The molecule has 138 valence electrons. The molecule has 2 N–H and O–H groups in total. The lowest BCUT2D eigenvalue weighted by atomic mass is 9.82. The molecule has 0 aromatic carbocycles. The van der Waals surface area contributed by atoms with Gasteiger partial charge in [0, 0.05) is 18.3 Å². The molecule has 2 atom stereocenters. The van der Waals surface area contributed by atoms with Crippen LogP contribution in [-0.4, -0.2) is 31.9 Å². The number of amides is 1. The SMILES string of the molecule is CC(C)(I)CC(CC(C(N)=O)C(C)(C)I)C(=O)OCCCN=[N+]=[N-]. The molecule has 0 saturated carbocycles. The van der Waals surface area contributed by atoms with Crippen molar-refractivity contribution in [3.63, 3.8) is 0 Å². The Bertz CT molecular complexity index is 480. The Morgan fingerprint density at radius 1 is 1.29 bits per heavy atom. The van der Waals surface area contributed by atoms with Crippen LogP contribution >= 0.6 is 45.2 Å². The van der Waals surface area contributed by atoms with Crippen molar-refractivity contribution in [2.45, 2.75) is 53.8 Å². The molecule has 24 heavy (non-hydrogen) atoms. The van der Waals surface area contributed by atoms with Crippen LogP contribution in [-0.2, 0) is 14.3 Å². The highest BCUT2D eigenvalue weighted by Gasteiger charge is 2.37. The molecule has 0 bridgehead atoms. The van der Waals surface area contributed by atoms with E-state index in [0.29, 0.717) is 19.3 Å². The van der Waals surface area contributed by atoms with Gasteiger partial charge in [-0.05, 0) is 24.8 Å². The van der Waals surface area contributed by atoms with Gasteiger partial charge in [0.05, 0.1) is 18.4 Å². The monoisotopic (exact) mass is 564 g/mol. The molecule has 0 heterocycles. The van der Waals surface area contributed by atoms with Crippen LogP contribution in [0, 0.1) is 11.8 Å². The largest absolute Gasteiger partial charge is 0.465 e. The van der Waals surface area contributed by atoms with E-state index in [1.54, 1.807) is 0 Å². The molecule has 0 aromatic rings. The van der Waals surface area contributed by atoms with E-state index in [1.165, 1.54) is 0 Å². The average molecular weight is 564 g/mol. The summed E-state index contributed by atoms with van der Waals surface area (Å²) >= 11 is 4.48. The van der Waals surface area contributed by atoms with Crippen LogP contribution in [0.15, 0.2) is 5.11 Å². The Labute approximate surface area is 170 Å². The van der Waals surface area contributed by atoms with E-state index < -0.39 is 17.7 Å². The number of ether oxygens (including phenoxy) is 1. The normalized spacial score (nSPS) is 14.4. The minimum Gasteiger partial charge on any atom is -0.465 e. The van der Waals surface area contributed by atoms with Gasteiger partial charge in [-0.1, -0.05) is 78.0 Å². The number of nitrogens with zero attached hydrogens (tertiary/aromatic N) is 3. The van der Waals surface area contributed by atoms with Crippen LogP contribution in [0.4, 0.5) is 0 Å². The van der Waals surface area contributed by atoms with Crippen LogP contribution in [0.25, 0.3) is 10.4 Å². The van der Waals surface area contributed by atoms with Gasteiger partial charge in [-0.15, -0.1) is 0 Å². The first-order valence-corrected chi connectivity index (χ1v) is 9.89. The predicted molar refractivity (Wildman–Crippen MR) is 111 cm³/mol. The van der Waals surface area contributed by atoms with Gasteiger partial charge < -0.3 is 10.5 Å². The fourth-order valence-electron chi connectivity index (χ4n) is 2.34. The number of rotatable bonds is 11. The van der Waals surface area contributed by atoms with Gasteiger partial charge in [0.1, 0.15) is 0 Å². The molecule has 7 nitrogen and oxygen atoms in total. The van der Waals surface area contributed by atoms with Crippen molar-refractivity contribution in [1.82, 2.24) is 0 Å². The van der Waals surface area contributed by atoms with Gasteiger partial charge in [0.15, 0.2) is 0 Å². The van der Waals surface area contributed by atoms with Gasteiger partial charge in [-0.3, -0.25) is 9.59 Å². The second-order valence-electron chi connectivity index (χ2n) is 6.85. The number of carbonyl (C=O) groups excluding carboxylic acids is 2. The number of alkyl halides is 2. The van der Waals surface area contributed by atoms with Crippen molar-refractivity contribution in [1.29, 1.82) is 0 Å². The molecular formula is C15H26I2N4O3. The van der Waals surface area contributed by atoms with Gasteiger partial charge in [-0.2, -0.15) is 0 Å². The molecule has 0 rings (SSSR count). The molecular weight excluding hydrogens is 538 g/mol. The van der Waals surface area contributed by atoms with Crippen molar-refractivity contribution < 1.29 is 14.3 Å². The molecule has 0 fully saturated rings. The Balaban J connectivity index is 4.99. The molecule has 0 aliphatic rings. The van der Waals surface area contributed by atoms with E-state index >= 15 is 0 Å². The average Bonchev–Trinajstić information content (AvgIpc) is 2.39. The quantitative estimate of drug-likeness (QED) is 0.0773. The summed E-state index contributed by atoms with van der Waals surface area (Å²) in [4.78, 5) is 26.9. The molecule has 1 amide bonds. The number of hydrogen-bond acceptors (Lipinski definition) is 4. The lowest BCUT2D eigenvalue weighted by Gasteiger charge is -2.31. The van der Waals surface area contributed by atoms with Crippen LogP contribution in [0.5, 0.6) is 0 Å². The maximum atomic E-state index is 12.5. The molecule has 2 unspecified atom stereocenters. The lowest BCUT2D eigenvalue weighted by Crippen LogP contribution is -2.40. The maximum Gasteiger partial charge on any atom is 0.309 e. The Hall–Kier alpha value is -0.290. The highest BCUT2D eigenvalue weighted by atomic mass is 127. The van der Waals surface area contributed by atoms with E-state index in [-0.39, 0.29) is 26.0 Å². The fraction of sp³-hybridized carbons (Fsp3) is 0.867. The topological polar surface area (TPSA) is 118 Å². The van der Waals surface area contributed by atoms with Gasteiger partial charge in [0.25, 0.3) is 0 Å². The third-order valence-electron chi connectivity index (χ3n) is 3.47. The second-order valence-corrected chi connectivity index (χ2v) is 12.6. The van der Waals surface area contributed by atoms with Crippen LogP contribution in [0.3, 0.4) is 0 Å². The summed E-state index contributed by atoms with van der Waals surface area (Å²) in [5.41, 5.74) is 13.8. The summed E-state index contributed by atoms with van der Waals surface area (Å²) in [6, 6.07) is 0. The Morgan fingerprint density at radius 3 is 2.29 bits per heavy atom. The molecule has 0 aliphatic carbocycles. The Kier molecular flexibility index (Phi) is 10.5. The van der Waals surface area contributed by atoms with Gasteiger partial charge in [0.2, 0.25) is 5.91 Å². The maximum absolute atomic E-state index is 12.5. The van der Waals surface area contributed by atoms with Gasteiger partial charge in [-0.25, -0.2) is 0 Å². The van der Waals surface area contributed by atoms with E-state index in [2.05, 4.69) is 55.2 Å². The summed E-state index contributed by atoms with van der Waals surface area (Å²) in [5.74, 6) is -1.55. The van der Waals surface area contributed by atoms with Crippen LogP contribution in [0.1, 0.15) is 47.0 Å². The zero-order chi connectivity index (χ0) is 19.0. The number of carbonyl (C=O) groups is 2. The lowest BCUT2D eigenvalue weighted by molar-refractivity contribution is -0.150. The first-order chi connectivity index (χ1) is 10.9. The highest BCUT2D eigenvalue weighted by Crippen LogP contribution is 2.36. The molecule has 0 spiro atoms. The third-order valence-corrected chi connectivity index (χ3v) is 4.66. The molecule has 0 radical (unpaired) electrons. The first kappa shape index (κ1) is 23.7. The second kappa shape index (κ2) is 10.6. The predicted octanol–water partition coefficient (Wildman–Crippen LogP) is 4.16.